The van der Waals surface area contributed by atoms with Crippen LogP contribution >= 0.6 is 11.6 Å². The van der Waals surface area contributed by atoms with Gasteiger partial charge in [-0.25, -0.2) is 9.97 Å². The van der Waals surface area contributed by atoms with Crippen LogP contribution in [0.15, 0.2) is 6.07 Å². The van der Waals surface area contributed by atoms with Gasteiger partial charge in [-0.1, -0.05) is 25.4 Å². The van der Waals surface area contributed by atoms with E-state index in [1.807, 2.05) is 13.8 Å². The van der Waals surface area contributed by atoms with Crippen molar-refractivity contribution in [3.8, 4) is 0 Å². The van der Waals surface area contributed by atoms with Crippen LogP contribution in [0.5, 0.6) is 0 Å². The molecule has 0 fully saturated rings. The molecule has 0 aliphatic carbocycles. The Morgan fingerprint density at radius 2 is 1.90 bits per heavy atom. The molecule has 1 rings (SSSR count). The molecule has 8 heteroatoms. The summed E-state index contributed by atoms with van der Waals surface area (Å²) in [5.74, 6) is -1.19. The Balaban J connectivity index is 3.22. The van der Waals surface area contributed by atoms with Crippen molar-refractivity contribution in [1.82, 2.24) is 9.97 Å². The Labute approximate surface area is 120 Å². The van der Waals surface area contributed by atoms with Crippen LogP contribution in [0.25, 0.3) is 0 Å². The van der Waals surface area contributed by atoms with E-state index >= 15 is 0 Å². The van der Waals surface area contributed by atoms with Crippen LogP contribution in [0.1, 0.15) is 32.5 Å². The third-order valence-electron chi connectivity index (χ3n) is 2.95. The number of hydrogen-bond acceptors (Lipinski definition) is 4. The molecular formula is C12H17ClF3N3O. The molecule has 0 radical (unpaired) electrons. The summed E-state index contributed by atoms with van der Waals surface area (Å²) >= 11 is 5.65. The molecule has 20 heavy (non-hydrogen) atoms. The van der Waals surface area contributed by atoms with E-state index in [9.17, 15) is 13.2 Å². The minimum Gasteiger partial charge on any atom is -0.395 e. The van der Waals surface area contributed by atoms with Crippen molar-refractivity contribution in [3.05, 3.63) is 17.0 Å². The van der Waals surface area contributed by atoms with Gasteiger partial charge in [-0.05, 0) is 12.8 Å². The Morgan fingerprint density at radius 3 is 2.35 bits per heavy atom. The molecule has 0 saturated carbocycles. The molecule has 0 aliphatic rings. The number of aliphatic hydroxyl groups is 1. The third kappa shape index (κ3) is 4.21. The van der Waals surface area contributed by atoms with Crippen LogP contribution in [0.4, 0.5) is 19.0 Å². The zero-order valence-corrected chi connectivity index (χ0v) is 12.0. The molecule has 1 N–H and O–H groups in total. The summed E-state index contributed by atoms with van der Waals surface area (Å²) in [4.78, 5) is 8.36. The van der Waals surface area contributed by atoms with Crippen molar-refractivity contribution in [2.24, 2.45) is 0 Å². The number of nitrogens with zero attached hydrogens (tertiary/aromatic N) is 3. The molecule has 0 atom stereocenters. The normalized spacial score (nSPS) is 12.0. The largest absolute Gasteiger partial charge is 0.451 e. The van der Waals surface area contributed by atoms with Crippen molar-refractivity contribution >= 4 is 17.4 Å². The van der Waals surface area contributed by atoms with E-state index in [2.05, 4.69) is 9.97 Å². The van der Waals surface area contributed by atoms with Gasteiger partial charge in [0, 0.05) is 18.7 Å². The van der Waals surface area contributed by atoms with Gasteiger partial charge >= 0.3 is 6.18 Å². The van der Waals surface area contributed by atoms with Gasteiger partial charge < -0.3 is 10.0 Å². The van der Waals surface area contributed by atoms with E-state index in [-0.39, 0.29) is 30.2 Å². The minimum absolute atomic E-state index is 0.0193. The van der Waals surface area contributed by atoms with E-state index in [1.165, 1.54) is 6.07 Å². The topological polar surface area (TPSA) is 49.2 Å². The fourth-order valence-corrected chi connectivity index (χ4v) is 2.18. The summed E-state index contributed by atoms with van der Waals surface area (Å²) in [5.41, 5.74) is 0. The summed E-state index contributed by atoms with van der Waals surface area (Å²) in [6.07, 6.45) is -3.21. The van der Waals surface area contributed by atoms with Crippen LogP contribution < -0.4 is 4.90 Å². The average Bonchev–Trinajstić information content (AvgIpc) is 2.37. The standard InChI is InChI=1S/C12H17ClF3N3O/c1-3-8(4-2)19(5-6-20)10-7-9(13)17-11(18-10)12(14,15)16/h7-8,20H,3-6H2,1-2H3. The second kappa shape index (κ2) is 7.08. The minimum atomic E-state index is -4.65. The van der Waals surface area contributed by atoms with Crippen LogP contribution in [-0.2, 0) is 6.18 Å². The molecule has 1 aromatic rings. The highest BCUT2D eigenvalue weighted by Gasteiger charge is 2.36. The molecule has 0 aromatic carbocycles. The van der Waals surface area contributed by atoms with Crippen molar-refractivity contribution in [2.45, 2.75) is 38.9 Å². The Morgan fingerprint density at radius 1 is 1.30 bits per heavy atom. The van der Waals surface area contributed by atoms with Crippen LogP contribution in [-0.4, -0.2) is 34.3 Å². The lowest BCUT2D eigenvalue weighted by molar-refractivity contribution is -0.144. The predicted molar refractivity (Wildman–Crippen MR) is 70.8 cm³/mol. The van der Waals surface area contributed by atoms with Crippen LogP contribution in [0, 0.1) is 0 Å². The lowest BCUT2D eigenvalue weighted by Gasteiger charge is -2.31. The maximum absolute atomic E-state index is 12.7. The molecule has 1 aromatic heterocycles. The average molecular weight is 312 g/mol. The molecule has 0 saturated heterocycles. The summed E-state index contributed by atoms with van der Waals surface area (Å²) in [6.45, 7) is 3.86. The van der Waals surface area contributed by atoms with E-state index in [4.69, 9.17) is 16.7 Å². The van der Waals surface area contributed by atoms with Gasteiger partial charge in [0.2, 0.25) is 5.82 Å². The zero-order chi connectivity index (χ0) is 15.3. The molecule has 0 amide bonds. The zero-order valence-electron chi connectivity index (χ0n) is 11.3. The first-order chi connectivity index (χ1) is 9.33. The number of halogens is 4. The van der Waals surface area contributed by atoms with E-state index in [1.54, 1.807) is 4.90 Å². The highest BCUT2D eigenvalue weighted by molar-refractivity contribution is 6.29. The summed E-state index contributed by atoms with van der Waals surface area (Å²) < 4.78 is 38.1. The lowest BCUT2D eigenvalue weighted by atomic mass is 10.1. The Kier molecular flexibility index (Phi) is 6.01. The van der Waals surface area contributed by atoms with Gasteiger partial charge in [0.1, 0.15) is 11.0 Å². The van der Waals surface area contributed by atoms with Gasteiger partial charge in [0.05, 0.1) is 6.61 Å². The number of alkyl halides is 3. The molecule has 0 spiro atoms. The number of hydrogen-bond donors (Lipinski definition) is 1. The monoisotopic (exact) mass is 311 g/mol. The third-order valence-corrected chi connectivity index (χ3v) is 3.15. The number of anilines is 1. The predicted octanol–water partition coefficient (Wildman–Crippen LogP) is 3.14. The molecule has 114 valence electrons. The van der Waals surface area contributed by atoms with Gasteiger partial charge in [-0.2, -0.15) is 13.2 Å². The van der Waals surface area contributed by atoms with Crippen LogP contribution in [0.3, 0.4) is 0 Å². The smallest absolute Gasteiger partial charge is 0.395 e. The Hall–Kier alpha value is -1.08. The first kappa shape index (κ1) is 17.0. The molecule has 0 aliphatic heterocycles. The van der Waals surface area contributed by atoms with E-state index in [0.29, 0.717) is 0 Å². The SMILES string of the molecule is CCC(CC)N(CCO)c1cc(Cl)nc(C(F)(F)F)n1. The van der Waals surface area contributed by atoms with Crippen LogP contribution in [0.2, 0.25) is 5.15 Å². The highest BCUT2D eigenvalue weighted by Crippen LogP contribution is 2.30. The van der Waals surface area contributed by atoms with Crippen molar-refractivity contribution in [1.29, 1.82) is 0 Å². The fourth-order valence-electron chi connectivity index (χ4n) is 2.00. The maximum atomic E-state index is 12.7. The summed E-state index contributed by atoms with van der Waals surface area (Å²) in [6, 6.07) is 1.26. The maximum Gasteiger partial charge on any atom is 0.451 e. The van der Waals surface area contributed by atoms with Gasteiger partial charge in [-0.15, -0.1) is 0 Å². The van der Waals surface area contributed by atoms with Crippen molar-refractivity contribution in [2.75, 3.05) is 18.1 Å². The summed E-state index contributed by atoms with van der Waals surface area (Å²) in [7, 11) is 0. The van der Waals surface area contributed by atoms with Gasteiger partial charge in [0.15, 0.2) is 0 Å². The van der Waals surface area contributed by atoms with Gasteiger partial charge in [0.25, 0.3) is 0 Å². The molecular weight excluding hydrogens is 295 g/mol. The number of rotatable bonds is 6. The second-order valence-corrected chi connectivity index (χ2v) is 4.64. The van der Waals surface area contributed by atoms with E-state index in [0.717, 1.165) is 12.8 Å². The summed E-state index contributed by atoms with van der Waals surface area (Å²) in [5, 5.41) is 8.83. The van der Waals surface area contributed by atoms with Gasteiger partial charge in [-0.3, -0.25) is 0 Å². The number of aromatic nitrogens is 2. The first-order valence-corrected chi connectivity index (χ1v) is 6.70. The van der Waals surface area contributed by atoms with Crippen molar-refractivity contribution < 1.29 is 18.3 Å². The molecule has 4 nitrogen and oxygen atoms in total. The molecule has 0 bridgehead atoms. The van der Waals surface area contributed by atoms with E-state index < -0.39 is 12.0 Å². The molecule has 1 heterocycles. The fraction of sp³-hybridized carbons (Fsp3) is 0.667. The highest BCUT2D eigenvalue weighted by atomic mass is 35.5. The number of aliphatic hydroxyl groups excluding tert-OH is 1. The second-order valence-electron chi connectivity index (χ2n) is 4.26. The quantitative estimate of drug-likeness (QED) is 0.820. The van der Waals surface area contributed by atoms with Crippen molar-refractivity contribution in [3.63, 3.8) is 0 Å². The Bertz CT molecular complexity index is 438. The lowest BCUT2D eigenvalue weighted by Crippen LogP contribution is -2.37. The molecule has 0 unspecified atom stereocenters. The first-order valence-electron chi connectivity index (χ1n) is 6.32.